The zero-order valence-electron chi connectivity index (χ0n) is 19.9. The summed E-state index contributed by atoms with van der Waals surface area (Å²) in [4.78, 5) is 0. The first kappa shape index (κ1) is 24.3. The maximum Gasteiger partial charge on any atom is 0.121 e. The molecule has 0 atom stereocenters. The fourth-order valence-corrected chi connectivity index (χ4v) is 4.57. The first-order chi connectivity index (χ1) is 14.3. The molecule has 2 heteroatoms. The molecule has 2 aromatic carbocycles. The lowest BCUT2D eigenvalue weighted by atomic mass is 9.83. The van der Waals surface area contributed by atoms with Crippen molar-refractivity contribution in [2.45, 2.75) is 105 Å². The van der Waals surface area contributed by atoms with Gasteiger partial charge < -0.3 is 10.2 Å². The van der Waals surface area contributed by atoms with Gasteiger partial charge in [0.25, 0.3) is 0 Å². The topological polar surface area (TPSA) is 40.5 Å². The highest BCUT2D eigenvalue weighted by molar-refractivity contribution is 5.49. The molecule has 0 aliphatic heterocycles. The van der Waals surface area contributed by atoms with Crippen LogP contribution in [0.15, 0.2) is 24.3 Å². The second-order valence-corrected chi connectivity index (χ2v) is 9.18. The monoisotopic (exact) mass is 410 g/mol. The van der Waals surface area contributed by atoms with Gasteiger partial charge in [-0.05, 0) is 67.5 Å². The lowest BCUT2D eigenvalue weighted by Gasteiger charge is -2.21. The van der Waals surface area contributed by atoms with Gasteiger partial charge in [0.15, 0.2) is 0 Å². The van der Waals surface area contributed by atoms with Gasteiger partial charge in [0.1, 0.15) is 11.5 Å². The number of phenolic OH excluding ortho intramolecular Hbond substituents is 2. The Bertz CT molecular complexity index is 703. The van der Waals surface area contributed by atoms with Gasteiger partial charge in [-0.25, -0.2) is 0 Å². The van der Waals surface area contributed by atoms with Crippen LogP contribution in [0.1, 0.15) is 110 Å². The highest BCUT2D eigenvalue weighted by atomic mass is 16.3. The van der Waals surface area contributed by atoms with Crippen LogP contribution in [0.3, 0.4) is 0 Å². The molecule has 0 unspecified atom stereocenters. The molecule has 0 saturated carbocycles. The second-order valence-electron chi connectivity index (χ2n) is 9.18. The molecular weight excluding hydrogens is 368 g/mol. The summed E-state index contributed by atoms with van der Waals surface area (Å²) >= 11 is 0. The second kappa shape index (κ2) is 12.0. The standard InChI is InChI=1S/C28H42O2/c1-6-7-8-9-10-11-12-13-14-15-26(24-16-20(2)27(29)21(3)17-24)25-18-22(4)28(30)23(5)19-25/h16-19,26,29-30H,6-15H2,1-5H3. The van der Waals surface area contributed by atoms with Crippen molar-refractivity contribution in [2.24, 2.45) is 0 Å². The smallest absolute Gasteiger partial charge is 0.121 e. The molecule has 0 aliphatic rings. The van der Waals surface area contributed by atoms with E-state index >= 15 is 0 Å². The average molecular weight is 411 g/mol. The molecule has 0 fully saturated rings. The predicted octanol–water partition coefficient (Wildman–Crippen LogP) is 8.38. The summed E-state index contributed by atoms with van der Waals surface area (Å²) in [5.74, 6) is 1.10. The number of hydrogen-bond acceptors (Lipinski definition) is 2. The number of hydrogen-bond donors (Lipinski definition) is 2. The SMILES string of the molecule is CCCCCCCCCCCC(c1cc(C)c(O)c(C)c1)c1cc(C)c(O)c(C)c1. The van der Waals surface area contributed by atoms with Crippen molar-refractivity contribution >= 4 is 0 Å². The molecule has 2 aromatic rings. The summed E-state index contributed by atoms with van der Waals surface area (Å²) in [6, 6.07) is 8.55. The number of rotatable bonds is 12. The molecule has 0 saturated heterocycles. The maximum atomic E-state index is 10.2. The molecule has 0 aliphatic carbocycles. The van der Waals surface area contributed by atoms with Gasteiger partial charge in [0, 0.05) is 5.92 Å². The quantitative estimate of drug-likeness (QED) is 0.345. The van der Waals surface area contributed by atoms with E-state index in [1.807, 2.05) is 27.7 Å². The van der Waals surface area contributed by atoms with E-state index in [2.05, 4.69) is 31.2 Å². The highest BCUT2D eigenvalue weighted by Crippen LogP contribution is 2.37. The largest absolute Gasteiger partial charge is 0.507 e. The fourth-order valence-electron chi connectivity index (χ4n) is 4.57. The van der Waals surface area contributed by atoms with Gasteiger partial charge in [0.2, 0.25) is 0 Å². The van der Waals surface area contributed by atoms with Gasteiger partial charge in [-0.15, -0.1) is 0 Å². The first-order valence-electron chi connectivity index (χ1n) is 11.9. The van der Waals surface area contributed by atoms with Crippen LogP contribution in [0.2, 0.25) is 0 Å². The van der Waals surface area contributed by atoms with Crippen molar-refractivity contribution < 1.29 is 10.2 Å². The van der Waals surface area contributed by atoms with Crippen molar-refractivity contribution in [3.8, 4) is 11.5 Å². The Balaban J connectivity index is 2.08. The number of benzene rings is 2. The van der Waals surface area contributed by atoms with Crippen molar-refractivity contribution in [1.82, 2.24) is 0 Å². The zero-order chi connectivity index (χ0) is 22.1. The molecule has 0 heterocycles. The van der Waals surface area contributed by atoms with Crippen molar-refractivity contribution in [3.63, 3.8) is 0 Å². The van der Waals surface area contributed by atoms with Gasteiger partial charge in [0.05, 0.1) is 0 Å². The van der Waals surface area contributed by atoms with Crippen LogP contribution in [0, 0.1) is 27.7 Å². The Hall–Kier alpha value is -1.96. The molecule has 0 bridgehead atoms. The molecular formula is C28H42O2. The Kier molecular flexibility index (Phi) is 9.75. The normalized spacial score (nSPS) is 11.4. The van der Waals surface area contributed by atoms with Crippen molar-refractivity contribution in [2.75, 3.05) is 0 Å². The predicted molar refractivity (Wildman–Crippen MR) is 129 cm³/mol. The molecule has 166 valence electrons. The summed E-state index contributed by atoms with van der Waals surface area (Å²) in [7, 11) is 0. The fraction of sp³-hybridized carbons (Fsp3) is 0.571. The van der Waals surface area contributed by atoms with Gasteiger partial charge in [-0.2, -0.15) is 0 Å². The lowest BCUT2D eigenvalue weighted by Crippen LogP contribution is -2.04. The Morgan fingerprint density at radius 3 is 1.27 bits per heavy atom. The Morgan fingerprint density at radius 1 is 0.567 bits per heavy atom. The van der Waals surface area contributed by atoms with Gasteiger partial charge in [-0.3, -0.25) is 0 Å². The van der Waals surface area contributed by atoms with Gasteiger partial charge >= 0.3 is 0 Å². The molecule has 0 spiro atoms. The number of aryl methyl sites for hydroxylation is 4. The summed E-state index contributed by atoms with van der Waals surface area (Å²) in [6.07, 6.45) is 13.1. The summed E-state index contributed by atoms with van der Waals surface area (Å²) < 4.78 is 0. The molecule has 0 radical (unpaired) electrons. The van der Waals surface area contributed by atoms with Crippen LogP contribution in [0.4, 0.5) is 0 Å². The van der Waals surface area contributed by atoms with E-state index in [1.54, 1.807) is 0 Å². The molecule has 2 rings (SSSR count). The minimum atomic E-state index is 0.297. The molecule has 30 heavy (non-hydrogen) atoms. The molecule has 2 N–H and O–H groups in total. The van der Waals surface area contributed by atoms with E-state index in [0.29, 0.717) is 17.4 Å². The van der Waals surface area contributed by atoms with Crippen molar-refractivity contribution in [1.29, 1.82) is 0 Å². The first-order valence-corrected chi connectivity index (χ1v) is 11.9. The van der Waals surface area contributed by atoms with E-state index in [1.165, 1.54) is 68.9 Å². The van der Waals surface area contributed by atoms with E-state index in [-0.39, 0.29) is 0 Å². The van der Waals surface area contributed by atoms with Crippen LogP contribution in [0.25, 0.3) is 0 Å². The van der Waals surface area contributed by atoms with E-state index in [9.17, 15) is 10.2 Å². The minimum Gasteiger partial charge on any atom is -0.507 e. The number of aromatic hydroxyl groups is 2. The third-order valence-electron chi connectivity index (χ3n) is 6.43. The zero-order valence-corrected chi connectivity index (χ0v) is 19.9. The van der Waals surface area contributed by atoms with Crippen LogP contribution >= 0.6 is 0 Å². The van der Waals surface area contributed by atoms with E-state index < -0.39 is 0 Å². The number of unbranched alkanes of at least 4 members (excludes halogenated alkanes) is 8. The summed E-state index contributed by atoms with van der Waals surface area (Å²) in [5.41, 5.74) is 6.30. The Morgan fingerprint density at radius 2 is 0.900 bits per heavy atom. The maximum absolute atomic E-state index is 10.2. The van der Waals surface area contributed by atoms with Crippen LogP contribution < -0.4 is 0 Å². The molecule has 0 aromatic heterocycles. The Labute approximate surface area is 184 Å². The number of phenols is 2. The van der Waals surface area contributed by atoms with E-state index in [4.69, 9.17) is 0 Å². The van der Waals surface area contributed by atoms with Crippen molar-refractivity contribution in [3.05, 3.63) is 57.6 Å². The third kappa shape index (κ3) is 6.79. The van der Waals surface area contributed by atoms with Crippen LogP contribution in [-0.2, 0) is 0 Å². The molecule has 2 nitrogen and oxygen atoms in total. The molecule has 0 amide bonds. The summed E-state index contributed by atoms with van der Waals surface area (Å²) in [5, 5.41) is 20.5. The average Bonchev–Trinajstić information content (AvgIpc) is 2.71. The lowest BCUT2D eigenvalue weighted by molar-refractivity contribution is 0.465. The highest BCUT2D eigenvalue weighted by Gasteiger charge is 2.18. The van der Waals surface area contributed by atoms with Gasteiger partial charge in [-0.1, -0.05) is 89.0 Å². The van der Waals surface area contributed by atoms with E-state index in [0.717, 1.165) is 28.7 Å². The van der Waals surface area contributed by atoms with Crippen LogP contribution in [0.5, 0.6) is 11.5 Å². The summed E-state index contributed by atoms with van der Waals surface area (Å²) in [6.45, 7) is 10.2. The third-order valence-corrected chi connectivity index (χ3v) is 6.43. The van der Waals surface area contributed by atoms with Crippen LogP contribution in [-0.4, -0.2) is 10.2 Å². The minimum absolute atomic E-state index is 0.297.